The molecule has 2 heterocycles. The van der Waals surface area contributed by atoms with Crippen LogP contribution in [0, 0.1) is 12.7 Å². The highest BCUT2D eigenvalue weighted by molar-refractivity contribution is 5.95. The lowest BCUT2D eigenvalue weighted by molar-refractivity contribution is 0.0593. The molecule has 0 N–H and O–H groups in total. The number of likely N-dealkylation sites (tertiary alicyclic amines) is 1. The Morgan fingerprint density at radius 2 is 2.04 bits per heavy atom. The van der Waals surface area contributed by atoms with Crippen LogP contribution in [-0.2, 0) is 0 Å². The first-order chi connectivity index (χ1) is 12.4. The Kier molecular flexibility index (Phi) is 5.49. The van der Waals surface area contributed by atoms with Gasteiger partial charge in [-0.2, -0.15) is 0 Å². The van der Waals surface area contributed by atoms with Crippen LogP contribution in [0.25, 0.3) is 0 Å². The van der Waals surface area contributed by atoms with Gasteiger partial charge in [0, 0.05) is 44.1 Å². The minimum absolute atomic E-state index is 0.0125. The zero-order valence-electron chi connectivity index (χ0n) is 15.4. The predicted octanol–water partition coefficient (Wildman–Crippen LogP) is 3.73. The van der Waals surface area contributed by atoms with Gasteiger partial charge in [-0.15, -0.1) is 0 Å². The highest BCUT2D eigenvalue weighted by Crippen LogP contribution is 2.21. The van der Waals surface area contributed by atoms with Crippen molar-refractivity contribution in [3.63, 3.8) is 0 Å². The van der Waals surface area contributed by atoms with Crippen molar-refractivity contribution in [1.82, 2.24) is 14.9 Å². The van der Waals surface area contributed by atoms with Gasteiger partial charge in [-0.25, -0.2) is 14.4 Å². The number of aromatic nitrogens is 2. The Labute approximate surface area is 153 Å². The van der Waals surface area contributed by atoms with Crippen molar-refractivity contribution < 1.29 is 13.9 Å². The molecule has 26 heavy (non-hydrogen) atoms. The van der Waals surface area contributed by atoms with Gasteiger partial charge in [-0.05, 0) is 19.1 Å². The van der Waals surface area contributed by atoms with Gasteiger partial charge >= 0.3 is 0 Å². The molecule has 1 aromatic heterocycles. The van der Waals surface area contributed by atoms with Crippen LogP contribution in [0.1, 0.15) is 54.5 Å². The van der Waals surface area contributed by atoms with Gasteiger partial charge in [0.15, 0.2) is 0 Å². The topological polar surface area (TPSA) is 55.3 Å². The fourth-order valence-corrected chi connectivity index (χ4v) is 3.05. The van der Waals surface area contributed by atoms with E-state index in [-0.39, 0.29) is 23.7 Å². The smallest absolute Gasteiger partial charge is 0.257 e. The zero-order chi connectivity index (χ0) is 18.7. The minimum atomic E-state index is -0.310. The number of carbonyl (C=O) groups is 1. The average molecular weight is 357 g/mol. The van der Waals surface area contributed by atoms with Crippen LogP contribution < -0.4 is 4.74 Å². The molecule has 0 radical (unpaired) electrons. The number of aryl methyl sites for hydroxylation is 1. The highest BCUT2D eigenvalue weighted by Gasteiger charge is 2.26. The molecule has 2 aromatic rings. The SMILES string of the molecule is Cc1nc(C(C)C)ncc1C(=O)N1CCC(Oc2cccc(F)c2)CC1. The molecular formula is C20H24FN3O2. The van der Waals surface area contributed by atoms with Crippen LogP contribution in [0.2, 0.25) is 0 Å². The van der Waals surface area contributed by atoms with Crippen LogP contribution in [0.15, 0.2) is 30.5 Å². The maximum Gasteiger partial charge on any atom is 0.257 e. The number of benzene rings is 1. The average Bonchev–Trinajstić information content (AvgIpc) is 2.61. The summed E-state index contributed by atoms with van der Waals surface area (Å²) in [6.07, 6.45) is 3.05. The second-order valence-corrected chi connectivity index (χ2v) is 6.95. The molecule has 1 aromatic carbocycles. The molecule has 0 atom stereocenters. The van der Waals surface area contributed by atoms with Crippen molar-refractivity contribution in [2.24, 2.45) is 0 Å². The van der Waals surface area contributed by atoms with Crippen molar-refractivity contribution in [1.29, 1.82) is 0 Å². The largest absolute Gasteiger partial charge is 0.490 e. The van der Waals surface area contributed by atoms with Gasteiger partial charge in [-0.3, -0.25) is 4.79 Å². The molecule has 1 aliphatic rings. The number of hydrogen-bond acceptors (Lipinski definition) is 4. The van der Waals surface area contributed by atoms with Crippen LogP contribution in [0.4, 0.5) is 4.39 Å². The summed E-state index contributed by atoms with van der Waals surface area (Å²) in [6.45, 7) is 7.11. The third-order valence-electron chi connectivity index (χ3n) is 4.57. The molecule has 3 rings (SSSR count). The first-order valence-corrected chi connectivity index (χ1v) is 8.99. The molecule has 0 saturated carbocycles. The third-order valence-corrected chi connectivity index (χ3v) is 4.57. The van der Waals surface area contributed by atoms with Gasteiger partial charge in [0.2, 0.25) is 0 Å². The maximum atomic E-state index is 13.2. The quantitative estimate of drug-likeness (QED) is 0.837. The molecule has 6 heteroatoms. The molecule has 1 saturated heterocycles. The van der Waals surface area contributed by atoms with Crippen molar-refractivity contribution in [3.05, 3.63) is 53.4 Å². The number of rotatable bonds is 4. The Bertz CT molecular complexity index is 786. The Hall–Kier alpha value is -2.50. The van der Waals surface area contributed by atoms with E-state index in [1.807, 2.05) is 25.7 Å². The fourth-order valence-electron chi connectivity index (χ4n) is 3.05. The van der Waals surface area contributed by atoms with E-state index in [4.69, 9.17) is 4.74 Å². The molecule has 1 fully saturated rings. The van der Waals surface area contributed by atoms with Crippen LogP contribution in [-0.4, -0.2) is 40.0 Å². The monoisotopic (exact) mass is 357 g/mol. The molecule has 0 bridgehead atoms. The number of ether oxygens (including phenoxy) is 1. The molecule has 1 aliphatic heterocycles. The number of carbonyl (C=O) groups excluding carboxylic acids is 1. The predicted molar refractivity (Wildman–Crippen MR) is 96.8 cm³/mol. The first kappa shape index (κ1) is 18.3. The normalized spacial score (nSPS) is 15.3. The van der Waals surface area contributed by atoms with Gasteiger partial charge in [-0.1, -0.05) is 19.9 Å². The van der Waals surface area contributed by atoms with E-state index in [2.05, 4.69) is 9.97 Å². The Morgan fingerprint density at radius 1 is 1.31 bits per heavy atom. The number of amides is 1. The standard InChI is InChI=1S/C20H24FN3O2/c1-13(2)19-22-12-18(14(3)23-19)20(25)24-9-7-16(8-10-24)26-17-6-4-5-15(21)11-17/h4-6,11-13,16H,7-10H2,1-3H3. The van der Waals surface area contributed by atoms with E-state index in [1.165, 1.54) is 12.1 Å². The lowest BCUT2D eigenvalue weighted by Gasteiger charge is -2.32. The number of nitrogens with zero attached hydrogens (tertiary/aromatic N) is 3. The first-order valence-electron chi connectivity index (χ1n) is 8.99. The minimum Gasteiger partial charge on any atom is -0.490 e. The van der Waals surface area contributed by atoms with Crippen LogP contribution >= 0.6 is 0 Å². The van der Waals surface area contributed by atoms with Crippen LogP contribution in [0.5, 0.6) is 5.75 Å². The molecule has 1 amide bonds. The van der Waals surface area contributed by atoms with Gasteiger partial charge in [0.25, 0.3) is 5.91 Å². The van der Waals surface area contributed by atoms with Crippen molar-refractivity contribution in [2.45, 2.75) is 45.6 Å². The number of hydrogen-bond donors (Lipinski definition) is 0. The lowest BCUT2D eigenvalue weighted by Crippen LogP contribution is -2.42. The lowest BCUT2D eigenvalue weighted by atomic mass is 10.1. The number of halogens is 1. The summed E-state index contributed by atoms with van der Waals surface area (Å²) in [5.74, 6) is 1.16. The maximum absolute atomic E-state index is 13.2. The molecule has 0 spiro atoms. The molecule has 5 nitrogen and oxygen atoms in total. The second kappa shape index (κ2) is 7.81. The van der Waals surface area contributed by atoms with Gasteiger partial charge in [0.05, 0.1) is 11.3 Å². The highest BCUT2D eigenvalue weighted by atomic mass is 19.1. The van der Waals surface area contributed by atoms with Crippen molar-refractivity contribution in [3.8, 4) is 5.75 Å². The van der Waals surface area contributed by atoms with Gasteiger partial charge in [0.1, 0.15) is 23.5 Å². The van der Waals surface area contributed by atoms with E-state index >= 15 is 0 Å². The van der Waals surface area contributed by atoms with Crippen molar-refractivity contribution >= 4 is 5.91 Å². The van der Waals surface area contributed by atoms with E-state index in [9.17, 15) is 9.18 Å². The molecule has 0 unspecified atom stereocenters. The summed E-state index contributed by atoms with van der Waals surface area (Å²) in [5.41, 5.74) is 1.27. The van der Waals surface area contributed by atoms with Gasteiger partial charge < -0.3 is 9.64 Å². The van der Waals surface area contributed by atoms with Crippen molar-refractivity contribution in [2.75, 3.05) is 13.1 Å². The summed E-state index contributed by atoms with van der Waals surface area (Å²) in [7, 11) is 0. The number of piperidine rings is 1. The summed E-state index contributed by atoms with van der Waals surface area (Å²) in [5, 5.41) is 0. The molecular weight excluding hydrogens is 333 g/mol. The van der Waals surface area contributed by atoms with E-state index in [0.717, 1.165) is 5.82 Å². The summed E-state index contributed by atoms with van der Waals surface area (Å²) in [4.78, 5) is 23.3. The van der Waals surface area contributed by atoms with E-state index in [0.29, 0.717) is 42.9 Å². The molecule has 0 aliphatic carbocycles. The molecule has 138 valence electrons. The fraction of sp³-hybridized carbons (Fsp3) is 0.450. The van der Waals surface area contributed by atoms with E-state index < -0.39 is 0 Å². The van der Waals surface area contributed by atoms with Crippen LogP contribution in [0.3, 0.4) is 0 Å². The summed E-state index contributed by atoms with van der Waals surface area (Å²) in [6, 6.07) is 6.15. The third kappa shape index (κ3) is 4.18. The second-order valence-electron chi connectivity index (χ2n) is 6.95. The Balaban J connectivity index is 1.60. The van der Waals surface area contributed by atoms with E-state index in [1.54, 1.807) is 18.3 Å². The summed E-state index contributed by atoms with van der Waals surface area (Å²) < 4.78 is 19.1. The summed E-state index contributed by atoms with van der Waals surface area (Å²) >= 11 is 0. The zero-order valence-corrected chi connectivity index (χ0v) is 15.4. The Morgan fingerprint density at radius 3 is 2.65 bits per heavy atom.